The van der Waals surface area contributed by atoms with Gasteiger partial charge >= 0.3 is 0 Å². The maximum absolute atomic E-state index is 13.6. The van der Waals surface area contributed by atoms with Crippen LogP contribution in [0.15, 0.2) is 24.3 Å². The second-order valence-electron chi connectivity index (χ2n) is 4.03. The summed E-state index contributed by atoms with van der Waals surface area (Å²) < 4.78 is 65.7. The maximum Gasteiger partial charge on any atom is 0.194 e. The first kappa shape index (κ1) is 14.7. The average molecular weight is 308 g/mol. The predicted molar refractivity (Wildman–Crippen MR) is 63.7 cm³/mol. The van der Waals surface area contributed by atoms with Gasteiger partial charge in [-0.2, -0.15) is 0 Å². The molecule has 0 spiro atoms. The number of nitrogens with two attached hydrogens (primary N) is 1. The first-order chi connectivity index (χ1) is 9.32. The van der Waals surface area contributed by atoms with Gasteiger partial charge in [0.05, 0.1) is 6.04 Å². The van der Waals surface area contributed by atoms with Crippen LogP contribution in [-0.4, -0.2) is 0 Å². The van der Waals surface area contributed by atoms with E-state index in [0.29, 0.717) is 18.2 Å². The van der Waals surface area contributed by atoms with Crippen molar-refractivity contribution in [2.75, 3.05) is 0 Å². The summed E-state index contributed by atoms with van der Waals surface area (Å²) in [6, 6.07) is 1.58. The Hall–Kier alpha value is -1.66. The molecule has 0 saturated heterocycles. The van der Waals surface area contributed by atoms with Crippen LogP contribution in [-0.2, 0) is 0 Å². The number of halogens is 6. The van der Waals surface area contributed by atoms with E-state index in [4.69, 9.17) is 17.3 Å². The summed E-state index contributed by atoms with van der Waals surface area (Å²) in [5, 5.41) is -0.250. The molecule has 0 aliphatic carbocycles. The van der Waals surface area contributed by atoms with Crippen molar-refractivity contribution >= 4 is 11.6 Å². The molecule has 0 aliphatic rings. The first-order valence-electron chi connectivity index (χ1n) is 5.36. The zero-order valence-electron chi connectivity index (χ0n) is 9.73. The SMILES string of the molecule is NC(c1cc(F)c(F)cc1Cl)c1ccc(F)c(F)c1F. The summed E-state index contributed by atoms with van der Waals surface area (Å²) in [4.78, 5) is 0. The van der Waals surface area contributed by atoms with Gasteiger partial charge in [0.1, 0.15) is 0 Å². The Labute approximate surface area is 115 Å². The van der Waals surface area contributed by atoms with E-state index in [9.17, 15) is 22.0 Å². The van der Waals surface area contributed by atoms with Crippen molar-refractivity contribution in [3.8, 4) is 0 Å². The van der Waals surface area contributed by atoms with Crippen molar-refractivity contribution in [2.24, 2.45) is 5.73 Å². The van der Waals surface area contributed by atoms with Gasteiger partial charge in [-0.25, -0.2) is 22.0 Å². The third kappa shape index (κ3) is 2.48. The van der Waals surface area contributed by atoms with Crippen LogP contribution in [0.4, 0.5) is 22.0 Å². The molecule has 0 fully saturated rings. The fourth-order valence-electron chi connectivity index (χ4n) is 1.72. The minimum Gasteiger partial charge on any atom is -0.320 e. The third-order valence-corrected chi connectivity index (χ3v) is 3.10. The van der Waals surface area contributed by atoms with Gasteiger partial charge in [0, 0.05) is 10.6 Å². The summed E-state index contributed by atoms with van der Waals surface area (Å²) in [5.74, 6) is -7.01. The van der Waals surface area contributed by atoms with E-state index >= 15 is 0 Å². The molecule has 2 rings (SSSR count). The van der Waals surface area contributed by atoms with Crippen molar-refractivity contribution in [3.05, 3.63) is 69.5 Å². The second kappa shape index (κ2) is 5.38. The highest BCUT2D eigenvalue weighted by Gasteiger charge is 2.22. The van der Waals surface area contributed by atoms with Gasteiger partial charge in [0.15, 0.2) is 29.1 Å². The topological polar surface area (TPSA) is 26.0 Å². The fourth-order valence-corrected chi connectivity index (χ4v) is 1.99. The largest absolute Gasteiger partial charge is 0.320 e. The van der Waals surface area contributed by atoms with E-state index in [2.05, 4.69) is 0 Å². The molecule has 20 heavy (non-hydrogen) atoms. The zero-order chi connectivity index (χ0) is 15.0. The van der Waals surface area contributed by atoms with Gasteiger partial charge in [-0.15, -0.1) is 0 Å². The number of hydrogen-bond acceptors (Lipinski definition) is 1. The van der Waals surface area contributed by atoms with Crippen molar-refractivity contribution < 1.29 is 22.0 Å². The number of hydrogen-bond donors (Lipinski definition) is 1. The van der Waals surface area contributed by atoms with Crippen molar-refractivity contribution in [2.45, 2.75) is 6.04 Å². The molecule has 0 aromatic heterocycles. The summed E-state index contributed by atoms with van der Waals surface area (Å²) in [5.41, 5.74) is 5.09. The Balaban J connectivity index is 2.55. The smallest absolute Gasteiger partial charge is 0.194 e. The Bertz CT molecular complexity index is 672. The van der Waals surface area contributed by atoms with Gasteiger partial charge in [0.25, 0.3) is 0 Å². The molecule has 0 aliphatic heterocycles. The van der Waals surface area contributed by atoms with E-state index in [1.165, 1.54) is 0 Å². The molecule has 0 amide bonds. The monoisotopic (exact) mass is 307 g/mol. The molecule has 1 unspecified atom stereocenters. The van der Waals surface area contributed by atoms with Crippen LogP contribution in [0, 0.1) is 29.1 Å². The van der Waals surface area contributed by atoms with E-state index in [1.807, 2.05) is 0 Å². The predicted octanol–water partition coefficient (Wildman–Crippen LogP) is 4.08. The third-order valence-electron chi connectivity index (χ3n) is 2.77. The average Bonchev–Trinajstić information content (AvgIpc) is 2.40. The van der Waals surface area contributed by atoms with Crippen LogP contribution in [0.25, 0.3) is 0 Å². The van der Waals surface area contributed by atoms with E-state index in [1.54, 1.807) is 0 Å². The van der Waals surface area contributed by atoms with Gasteiger partial charge in [-0.3, -0.25) is 0 Å². The fraction of sp³-hybridized carbons (Fsp3) is 0.0769. The minimum atomic E-state index is -1.70. The highest BCUT2D eigenvalue weighted by Crippen LogP contribution is 2.30. The number of benzene rings is 2. The molecule has 0 bridgehead atoms. The minimum absolute atomic E-state index is 0.143. The molecule has 2 N–H and O–H groups in total. The lowest BCUT2D eigenvalue weighted by Gasteiger charge is -2.16. The summed E-state index contributed by atoms with van der Waals surface area (Å²) in [6.45, 7) is 0. The van der Waals surface area contributed by atoms with Gasteiger partial charge in [-0.1, -0.05) is 17.7 Å². The highest BCUT2D eigenvalue weighted by molar-refractivity contribution is 6.31. The molecule has 106 valence electrons. The van der Waals surface area contributed by atoms with Crippen LogP contribution < -0.4 is 5.73 Å². The van der Waals surface area contributed by atoms with Gasteiger partial charge in [-0.05, 0) is 23.8 Å². The lowest BCUT2D eigenvalue weighted by molar-refractivity contribution is 0.438. The molecule has 0 saturated carbocycles. The Morgan fingerprint density at radius 2 is 1.40 bits per heavy atom. The molecule has 0 heterocycles. The van der Waals surface area contributed by atoms with Crippen LogP contribution in [0.5, 0.6) is 0 Å². The molecular formula is C13H7ClF5N. The second-order valence-corrected chi connectivity index (χ2v) is 4.44. The molecule has 7 heteroatoms. The number of rotatable bonds is 2. The van der Waals surface area contributed by atoms with Crippen LogP contribution in [0.1, 0.15) is 17.2 Å². The van der Waals surface area contributed by atoms with E-state index < -0.39 is 40.7 Å². The van der Waals surface area contributed by atoms with Crippen molar-refractivity contribution in [3.63, 3.8) is 0 Å². The Kier molecular flexibility index (Phi) is 3.96. The van der Waals surface area contributed by atoms with Crippen molar-refractivity contribution in [1.29, 1.82) is 0 Å². The molecule has 0 radical (unpaired) electrons. The standard InChI is InChI=1S/C13H7ClF5N/c14-7-4-10(17)9(16)3-6(7)13(20)5-1-2-8(15)12(19)11(5)18/h1-4,13H,20H2. The highest BCUT2D eigenvalue weighted by atomic mass is 35.5. The Morgan fingerprint density at radius 1 is 0.800 bits per heavy atom. The summed E-state index contributed by atoms with van der Waals surface area (Å²) in [7, 11) is 0. The summed E-state index contributed by atoms with van der Waals surface area (Å²) >= 11 is 5.69. The molecule has 1 atom stereocenters. The lowest BCUT2D eigenvalue weighted by atomic mass is 9.98. The maximum atomic E-state index is 13.6. The van der Waals surface area contributed by atoms with Crippen LogP contribution >= 0.6 is 11.6 Å². The molecule has 2 aromatic rings. The van der Waals surface area contributed by atoms with Gasteiger partial charge < -0.3 is 5.73 Å². The Morgan fingerprint density at radius 3 is 2.05 bits per heavy atom. The lowest BCUT2D eigenvalue weighted by Crippen LogP contribution is -2.16. The molecule has 1 nitrogen and oxygen atoms in total. The van der Waals surface area contributed by atoms with E-state index in [0.717, 1.165) is 6.07 Å². The van der Waals surface area contributed by atoms with Gasteiger partial charge in [0.2, 0.25) is 0 Å². The molecule has 2 aromatic carbocycles. The first-order valence-corrected chi connectivity index (χ1v) is 5.74. The van der Waals surface area contributed by atoms with Crippen LogP contribution in [0.3, 0.4) is 0 Å². The van der Waals surface area contributed by atoms with Crippen molar-refractivity contribution in [1.82, 2.24) is 0 Å². The zero-order valence-corrected chi connectivity index (χ0v) is 10.5. The quantitative estimate of drug-likeness (QED) is 0.505. The normalized spacial score (nSPS) is 12.6. The van der Waals surface area contributed by atoms with E-state index in [-0.39, 0.29) is 10.6 Å². The molecular weight excluding hydrogens is 301 g/mol. The summed E-state index contributed by atoms with van der Waals surface area (Å²) in [6.07, 6.45) is 0. The van der Waals surface area contributed by atoms with Crippen LogP contribution in [0.2, 0.25) is 5.02 Å².